The Kier molecular flexibility index (Phi) is 12.6. The molecular formula is C18H36IN7O. The van der Waals surface area contributed by atoms with Crippen molar-refractivity contribution in [1.82, 2.24) is 30.3 Å². The van der Waals surface area contributed by atoms with E-state index in [9.17, 15) is 0 Å². The molecule has 0 saturated carbocycles. The van der Waals surface area contributed by atoms with Crippen LogP contribution < -0.4 is 10.6 Å². The Labute approximate surface area is 180 Å². The van der Waals surface area contributed by atoms with Gasteiger partial charge in [-0.3, -0.25) is 9.89 Å². The minimum atomic E-state index is 0. The average molecular weight is 493 g/mol. The monoisotopic (exact) mass is 493 g/mol. The number of aryl methyl sites for hydroxylation is 1. The van der Waals surface area contributed by atoms with Crippen molar-refractivity contribution in [3.63, 3.8) is 0 Å². The van der Waals surface area contributed by atoms with Gasteiger partial charge in [0.2, 0.25) is 0 Å². The number of guanidine groups is 1. The molecule has 0 spiro atoms. The fraction of sp³-hybridized carbons (Fsp3) is 0.833. The number of hydrogen-bond acceptors (Lipinski definition) is 5. The summed E-state index contributed by atoms with van der Waals surface area (Å²) in [6.45, 7) is 14.8. The summed E-state index contributed by atoms with van der Waals surface area (Å²) < 4.78 is 7.48. The zero-order valence-corrected chi connectivity index (χ0v) is 19.3. The number of morpholine rings is 1. The second-order valence-corrected chi connectivity index (χ2v) is 7.04. The topological polar surface area (TPSA) is 79.6 Å². The van der Waals surface area contributed by atoms with E-state index >= 15 is 0 Å². The standard InChI is InChI=1S/C18H35N7O.HI/c1-4-17-23-22-15-25(17)9-7-20-18(21-14-16(2)3)19-6-5-8-24-10-12-26-13-11-24;/h15-16H,4-14H2,1-3H3,(H2,19,20,21);1H. The van der Waals surface area contributed by atoms with Gasteiger partial charge in [0.15, 0.2) is 5.96 Å². The van der Waals surface area contributed by atoms with Gasteiger partial charge < -0.3 is 19.9 Å². The Morgan fingerprint density at radius 1 is 1.22 bits per heavy atom. The van der Waals surface area contributed by atoms with Crippen molar-refractivity contribution in [2.45, 2.75) is 40.2 Å². The van der Waals surface area contributed by atoms with E-state index in [1.165, 1.54) is 0 Å². The van der Waals surface area contributed by atoms with Crippen LogP contribution in [0.15, 0.2) is 11.3 Å². The molecule has 0 atom stereocenters. The lowest BCUT2D eigenvalue weighted by atomic mass is 10.2. The molecule has 2 heterocycles. The minimum Gasteiger partial charge on any atom is -0.379 e. The summed E-state index contributed by atoms with van der Waals surface area (Å²) in [6.07, 6.45) is 3.79. The molecule has 0 radical (unpaired) electrons. The van der Waals surface area contributed by atoms with Crippen LogP contribution in [0.25, 0.3) is 0 Å². The van der Waals surface area contributed by atoms with Crippen LogP contribution in [0.3, 0.4) is 0 Å². The molecule has 27 heavy (non-hydrogen) atoms. The highest BCUT2D eigenvalue weighted by molar-refractivity contribution is 14.0. The van der Waals surface area contributed by atoms with E-state index in [-0.39, 0.29) is 24.0 Å². The number of nitrogens with one attached hydrogen (secondary N) is 2. The summed E-state index contributed by atoms with van der Waals surface area (Å²) in [5, 5.41) is 15.0. The number of ether oxygens (including phenoxy) is 1. The maximum absolute atomic E-state index is 5.39. The van der Waals surface area contributed by atoms with Gasteiger partial charge in [0.05, 0.1) is 13.2 Å². The van der Waals surface area contributed by atoms with Crippen molar-refractivity contribution < 1.29 is 4.74 Å². The second kappa shape index (κ2) is 14.1. The maximum Gasteiger partial charge on any atom is 0.191 e. The van der Waals surface area contributed by atoms with Gasteiger partial charge in [0.25, 0.3) is 0 Å². The predicted octanol–water partition coefficient (Wildman–Crippen LogP) is 1.37. The molecule has 156 valence electrons. The molecule has 1 aromatic rings. The lowest BCUT2D eigenvalue weighted by Gasteiger charge is -2.26. The minimum absolute atomic E-state index is 0. The number of aromatic nitrogens is 3. The molecule has 0 unspecified atom stereocenters. The lowest BCUT2D eigenvalue weighted by molar-refractivity contribution is 0.0376. The van der Waals surface area contributed by atoms with Crippen molar-refractivity contribution >= 4 is 29.9 Å². The Morgan fingerprint density at radius 2 is 1.96 bits per heavy atom. The van der Waals surface area contributed by atoms with Gasteiger partial charge in [-0.1, -0.05) is 20.8 Å². The molecule has 0 aromatic carbocycles. The summed E-state index contributed by atoms with van der Waals surface area (Å²) in [6, 6.07) is 0. The SMILES string of the molecule is CCc1nncn1CCNC(=NCC(C)C)NCCCN1CCOCC1.I. The Hall–Kier alpha value is -0.940. The molecular weight excluding hydrogens is 457 g/mol. The highest BCUT2D eigenvalue weighted by atomic mass is 127. The third-order valence-corrected chi connectivity index (χ3v) is 4.32. The first-order valence-electron chi connectivity index (χ1n) is 9.88. The molecule has 1 aliphatic rings. The number of aliphatic imine (C=N–C) groups is 1. The first-order valence-corrected chi connectivity index (χ1v) is 9.88. The lowest BCUT2D eigenvalue weighted by Crippen LogP contribution is -2.41. The molecule has 9 heteroatoms. The van der Waals surface area contributed by atoms with Gasteiger partial charge in [-0.15, -0.1) is 34.2 Å². The van der Waals surface area contributed by atoms with Crippen LogP contribution in [0.2, 0.25) is 0 Å². The number of rotatable bonds is 10. The summed E-state index contributed by atoms with van der Waals surface area (Å²) in [5.74, 6) is 2.46. The number of halogens is 1. The van der Waals surface area contributed by atoms with Crippen LogP contribution >= 0.6 is 24.0 Å². The molecule has 2 rings (SSSR count). The normalized spacial score (nSPS) is 15.6. The number of nitrogens with zero attached hydrogens (tertiary/aromatic N) is 5. The Balaban J connectivity index is 0.00000364. The van der Waals surface area contributed by atoms with Gasteiger partial charge in [-0.2, -0.15) is 0 Å². The first-order chi connectivity index (χ1) is 12.7. The molecule has 1 fully saturated rings. The van der Waals surface area contributed by atoms with Gasteiger partial charge in [0.1, 0.15) is 12.2 Å². The molecule has 0 bridgehead atoms. The zero-order valence-electron chi connectivity index (χ0n) is 17.0. The molecule has 0 aliphatic carbocycles. The molecule has 0 amide bonds. The highest BCUT2D eigenvalue weighted by Crippen LogP contribution is 1.98. The van der Waals surface area contributed by atoms with Crippen molar-refractivity contribution in [2.75, 3.05) is 52.5 Å². The fourth-order valence-electron chi connectivity index (χ4n) is 2.82. The third-order valence-electron chi connectivity index (χ3n) is 4.32. The molecule has 1 saturated heterocycles. The molecule has 2 N–H and O–H groups in total. The largest absolute Gasteiger partial charge is 0.379 e. The first kappa shape index (κ1) is 24.1. The van der Waals surface area contributed by atoms with E-state index in [0.29, 0.717) is 5.92 Å². The summed E-state index contributed by atoms with van der Waals surface area (Å²) in [5.41, 5.74) is 0. The van der Waals surface area contributed by atoms with Crippen LogP contribution in [0, 0.1) is 5.92 Å². The fourth-order valence-corrected chi connectivity index (χ4v) is 2.82. The third kappa shape index (κ3) is 9.70. The van der Waals surface area contributed by atoms with E-state index in [1.807, 2.05) is 0 Å². The zero-order chi connectivity index (χ0) is 18.6. The van der Waals surface area contributed by atoms with Crippen LogP contribution in [-0.2, 0) is 17.7 Å². The van der Waals surface area contributed by atoms with E-state index in [0.717, 1.165) is 83.7 Å². The Morgan fingerprint density at radius 3 is 2.67 bits per heavy atom. The van der Waals surface area contributed by atoms with Crippen LogP contribution in [0.4, 0.5) is 0 Å². The van der Waals surface area contributed by atoms with Gasteiger partial charge in [-0.25, -0.2) is 0 Å². The smallest absolute Gasteiger partial charge is 0.191 e. The Bertz CT molecular complexity index is 530. The predicted molar refractivity (Wildman–Crippen MR) is 120 cm³/mol. The second-order valence-electron chi connectivity index (χ2n) is 7.04. The van der Waals surface area contributed by atoms with E-state index < -0.39 is 0 Å². The summed E-state index contributed by atoms with van der Waals surface area (Å²) in [4.78, 5) is 7.15. The van der Waals surface area contributed by atoms with E-state index in [1.54, 1.807) is 6.33 Å². The van der Waals surface area contributed by atoms with Gasteiger partial charge in [-0.05, 0) is 18.9 Å². The van der Waals surface area contributed by atoms with Gasteiger partial charge >= 0.3 is 0 Å². The van der Waals surface area contributed by atoms with Crippen LogP contribution in [-0.4, -0.2) is 78.1 Å². The quantitative estimate of drug-likeness (QED) is 0.222. The van der Waals surface area contributed by atoms with Crippen LogP contribution in [0.5, 0.6) is 0 Å². The van der Waals surface area contributed by atoms with Gasteiger partial charge in [0, 0.05) is 45.7 Å². The molecule has 1 aromatic heterocycles. The number of hydrogen-bond donors (Lipinski definition) is 2. The van der Waals surface area contributed by atoms with E-state index in [4.69, 9.17) is 4.74 Å². The molecule has 8 nitrogen and oxygen atoms in total. The highest BCUT2D eigenvalue weighted by Gasteiger charge is 2.09. The van der Waals surface area contributed by atoms with Crippen molar-refractivity contribution in [3.05, 3.63) is 12.2 Å². The maximum atomic E-state index is 5.39. The molecule has 1 aliphatic heterocycles. The van der Waals surface area contributed by atoms with Crippen molar-refractivity contribution in [3.8, 4) is 0 Å². The summed E-state index contributed by atoms with van der Waals surface area (Å²) in [7, 11) is 0. The van der Waals surface area contributed by atoms with Crippen LogP contribution in [0.1, 0.15) is 33.0 Å². The van der Waals surface area contributed by atoms with Crippen molar-refractivity contribution in [2.24, 2.45) is 10.9 Å². The average Bonchev–Trinajstić information content (AvgIpc) is 3.11. The van der Waals surface area contributed by atoms with E-state index in [2.05, 4.69) is 56.1 Å². The van der Waals surface area contributed by atoms with Crippen molar-refractivity contribution in [1.29, 1.82) is 0 Å². The summed E-state index contributed by atoms with van der Waals surface area (Å²) >= 11 is 0.